The Hall–Kier alpha value is -1.14. The Morgan fingerprint density at radius 3 is 2.81 bits per heavy atom. The van der Waals surface area contributed by atoms with Crippen molar-refractivity contribution >= 4 is 7.60 Å². The molecule has 0 amide bonds. The molecule has 0 atom stereocenters. The molecule has 0 unspecified atom stereocenters. The lowest BCUT2D eigenvalue weighted by Gasteiger charge is -2.34. The average molecular weight is 316 g/mol. The van der Waals surface area contributed by atoms with Crippen LogP contribution in [0.15, 0.2) is 6.20 Å². The second kappa shape index (κ2) is 5.93. The quantitative estimate of drug-likeness (QED) is 0.554. The van der Waals surface area contributed by atoms with E-state index >= 15 is 0 Å². The molecular formula is C13H21N2O5P. The van der Waals surface area contributed by atoms with Gasteiger partial charge in [-0.1, -0.05) is 0 Å². The highest BCUT2D eigenvalue weighted by Gasteiger charge is 2.31. The molecule has 7 nitrogen and oxygen atoms in total. The summed E-state index contributed by atoms with van der Waals surface area (Å²) >= 11 is 0. The summed E-state index contributed by atoms with van der Waals surface area (Å²) in [5, 5.41) is 2.98. The maximum atomic E-state index is 10.8. The number of fused-ring (bicyclic) bond motifs is 1. The monoisotopic (exact) mass is 316 g/mol. The molecule has 2 heterocycles. The molecule has 21 heavy (non-hydrogen) atoms. The Morgan fingerprint density at radius 2 is 2.14 bits per heavy atom. The lowest BCUT2D eigenvalue weighted by atomic mass is 10.1. The van der Waals surface area contributed by atoms with Crippen molar-refractivity contribution in [3.63, 3.8) is 0 Å². The van der Waals surface area contributed by atoms with Gasteiger partial charge in [0.25, 0.3) is 0 Å². The molecule has 2 rings (SSSR count). The number of hydrogen-bond donors (Lipinski definition) is 3. The van der Waals surface area contributed by atoms with Crippen molar-refractivity contribution in [1.29, 1.82) is 0 Å². The largest absolute Gasteiger partial charge is 0.485 e. The number of aryl methyl sites for hydroxylation is 1. The first-order chi connectivity index (χ1) is 9.68. The van der Waals surface area contributed by atoms with E-state index in [0.717, 1.165) is 11.3 Å². The van der Waals surface area contributed by atoms with Gasteiger partial charge in [-0.05, 0) is 20.8 Å². The zero-order chi connectivity index (χ0) is 15.7. The Kier molecular flexibility index (Phi) is 4.58. The van der Waals surface area contributed by atoms with Crippen LogP contribution in [0.4, 0.5) is 0 Å². The number of pyridine rings is 1. The molecule has 1 aliphatic rings. The van der Waals surface area contributed by atoms with E-state index in [1.165, 1.54) is 0 Å². The van der Waals surface area contributed by atoms with Crippen LogP contribution >= 0.6 is 7.60 Å². The van der Waals surface area contributed by atoms with Crippen LogP contribution in [0.25, 0.3) is 0 Å². The van der Waals surface area contributed by atoms with Crippen molar-refractivity contribution in [1.82, 2.24) is 10.3 Å². The highest BCUT2D eigenvalue weighted by Crippen LogP contribution is 2.39. The Bertz CT molecular complexity index is 570. The minimum atomic E-state index is -3.97. The zero-order valence-electron chi connectivity index (χ0n) is 12.4. The third kappa shape index (κ3) is 4.41. The minimum absolute atomic E-state index is 0.196. The van der Waals surface area contributed by atoms with Gasteiger partial charge in [0.1, 0.15) is 12.2 Å². The highest BCUT2D eigenvalue weighted by atomic mass is 31.2. The van der Waals surface area contributed by atoms with Crippen LogP contribution < -0.4 is 14.8 Å². The molecule has 0 bridgehead atoms. The SMILES string of the molecule is Cc1ncc(CNCCP(=O)(O)O)c2c1OC(C)(C)CO2. The van der Waals surface area contributed by atoms with Gasteiger partial charge in [-0.15, -0.1) is 0 Å². The van der Waals surface area contributed by atoms with Crippen LogP contribution in [0.3, 0.4) is 0 Å². The highest BCUT2D eigenvalue weighted by molar-refractivity contribution is 7.51. The fourth-order valence-corrected chi connectivity index (χ4v) is 2.46. The molecule has 1 aromatic rings. The summed E-state index contributed by atoms with van der Waals surface area (Å²) in [6, 6.07) is 0. The molecule has 8 heteroatoms. The van der Waals surface area contributed by atoms with Crippen molar-refractivity contribution < 1.29 is 23.8 Å². The second-order valence-corrected chi connectivity index (χ2v) is 7.52. The van der Waals surface area contributed by atoms with Gasteiger partial charge in [-0.2, -0.15) is 0 Å². The Morgan fingerprint density at radius 1 is 1.43 bits per heavy atom. The molecule has 0 spiro atoms. The predicted octanol–water partition coefficient (Wildman–Crippen LogP) is 1.21. The smallest absolute Gasteiger partial charge is 0.326 e. The van der Waals surface area contributed by atoms with Crippen LogP contribution in [0, 0.1) is 6.92 Å². The van der Waals surface area contributed by atoms with Gasteiger partial charge < -0.3 is 24.6 Å². The number of ether oxygens (including phenoxy) is 2. The summed E-state index contributed by atoms with van der Waals surface area (Å²) in [7, 11) is -3.97. The summed E-state index contributed by atoms with van der Waals surface area (Å²) in [6.45, 7) is 6.83. The number of nitrogens with zero attached hydrogens (tertiary/aromatic N) is 1. The normalized spacial score (nSPS) is 16.8. The summed E-state index contributed by atoms with van der Waals surface area (Å²) in [5.74, 6) is 1.30. The molecule has 0 radical (unpaired) electrons. The topological polar surface area (TPSA) is 101 Å². The summed E-state index contributed by atoms with van der Waals surface area (Å²) in [6.07, 6.45) is 1.50. The fraction of sp³-hybridized carbons (Fsp3) is 0.615. The van der Waals surface area contributed by atoms with Crippen LogP contribution in [-0.4, -0.2) is 39.7 Å². The number of nitrogens with one attached hydrogen (secondary N) is 1. The van der Waals surface area contributed by atoms with E-state index in [1.54, 1.807) is 6.20 Å². The fourth-order valence-electron chi connectivity index (χ4n) is 2.01. The number of aromatic nitrogens is 1. The molecule has 0 fully saturated rings. The number of hydrogen-bond acceptors (Lipinski definition) is 5. The predicted molar refractivity (Wildman–Crippen MR) is 77.8 cm³/mol. The first-order valence-corrected chi connectivity index (χ1v) is 8.53. The van der Waals surface area contributed by atoms with Crippen molar-refractivity contribution in [3.05, 3.63) is 17.5 Å². The lowest BCUT2D eigenvalue weighted by molar-refractivity contribution is 0.0191. The zero-order valence-corrected chi connectivity index (χ0v) is 13.3. The summed E-state index contributed by atoms with van der Waals surface area (Å²) in [5.41, 5.74) is 1.18. The molecule has 118 valence electrons. The van der Waals surface area contributed by atoms with Gasteiger partial charge in [0.15, 0.2) is 11.5 Å². The number of rotatable bonds is 5. The van der Waals surface area contributed by atoms with Crippen LogP contribution in [0.2, 0.25) is 0 Å². The molecule has 0 aromatic carbocycles. The second-order valence-electron chi connectivity index (χ2n) is 5.74. The molecule has 0 aliphatic carbocycles. The van der Waals surface area contributed by atoms with Gasteiger partial charge in [0, 0.05) is 24.8 Å². The Labute approximate surface area is 123 Å². The molecule has 0 saturated heterocycles. The van der Waals surface area contributed by atoms with Gasteiger partial charge in [0.2, 0.25) is 0 Å². The average Bonchev–Trinajstić information content (AvgIpc) is 2.35. The van der Waals surface area contributed by atoms with E-state index in [2.05, 4.69) is 10.3 Å². The van der Waals surface area contributed by atoms with Crippen LogP contribution in [0.1, 0.15) is 25.1 Å². The lowest BCUT2D eigenvalue weighted by Crippen LogP contribution is -2.39. The van der Waals surface area contributed by atoms with Crippen molar-refractivity contribution in [3.8, 4) is 11.5 Å². The summed E-state index contributed by atoms with van der Waals surface area (Å²) in [4.78, 5) is 21.9. The summed E-state index contributed by atoms with van der Waals surface area (Å²) < 4.78 is 22.5. The first kappa shape index (κ1) is 16.2. The van der Waals surface area contributed by atoms with Gasteiger partial charge in [-0.25, -0.2) is 0 Å². The van der Waals surface area contributed by atoms with Gasteiger partial charge in [0.05, 0.1) is 11.9 Å². The van der Waals surface area contributed by atoms with E-state index in [9.17, 15) is 4.57 Å². The van der Waals surface area contributed by atoms with E-state index in [-0.39, 0.29) is 12.7 Å². The molecule has 0 saturated carbocycles. The van der Waals surface area contributed by atoms with E-state index < -0.39 is 13.2 Å². The van der Waals surface area contributed by atoms with Crippen LogP contribution in [0.5, 0.6) is 11.5 Å². The molecule has 1 aromatic heterocycles. The van der Waals surface area contributed by atoms with Crippen LogP contribution in [-0.2, 0) is 11.1 Å². The maximum Gasteiger partial charge on any atom is 0.326 e. The molecule has 3 N–H and O–H groups in total. The maximum absolute atomic E-state index is 10.8. The first-order valence-electron chi connectivity index (χ1n) is 6.73. The third-order valence-electron chi connectivity index (χ3n) is 3.08. The minimum Gasteiger partial charge on any atom is -0.485 e. The van der Waals surface area contributed by atoms with E-state index in [1.807, 2.05) is 20.8 Å². The van der Waals surface area contributed by atoms with Crippen molar-refractivity contribution in [2.24, 2.45) is 0 Å². The third-order valence-corrected chi connectivity index (χ3v) is 3.88. The molecular weight excluding hydrogens is 295 g/mol. The van der Waals surface area contributed by atoms with Gasteiger partial charge >= 0.3 is 7.60 Å². The van der Waals surface area contributed by atoms with E-state index in [4.69, 9.17) is 19.3 Å². The standard InChI is InChI=1S/C13H21N2O5P/c1-9-11-12(19-8-13(2,3)20-11)10(7-15-9)6-14-4-5-21(16,17)18/h7,14H,4-6,8H2,1-3H3,(H2,16,17,18). The molecule has 1 aliphatic heterocycles. The van der Waals surface area contributed by atoms with Gasteiger partial charge in [-0.3, -0.25) is 9.55 Å². The van der Waals surface area contributed by atoms with Crippen molar-refractivity contribution in [2.75, 3.05) is 19.3 Å². The Balaban J connectivity index is 2.07. The van der Waals surface area contributed by atoms with E-state index in [0.29, 0.717) is 24.7 Å². The van der Waals surface area contributed by atoms with Crippen molar-refractivity contribution in [2.45, 2.75) is 32.9 Å².